The minimum absolute atomic E-state index is 0.0323. The number of benzene rings is 1. The first-order valence-electron chi connectivity index (χ1n) is 7.17. The van der Waals surface area contributed by atoms with E-state index in [1.54, 1.807) is 17.5 Å². The zero-order chi connectivity index (χ0) is 18.5. The quantitative estimate of drug-likeness (QED) is 0.721. The van der Waals surface area contributed by atoms with Gasteiger partial charge in [-0.25, -0.2) is 13.1 Å². The lowest BCUT2D eigenvalue weighted by molar-refractivity contribution is -0.137. The third-order valence-corrected chi connectivity index (χ3v) is 5.63. The molecular weight excluding hydrogens is 379 g/mol. The molecule has 25 heavy (non-hydrogen) atoms. The molecule has 1 aromatic carbocycles. The second-order valence-corrected chi connectivity index (χ2v) is 7.72. The molecule has 2 aromatic rings. The molecule has 1 heterocycles. The molecule has 1 aromatic heterocycles. The lowest BCUT2D eigenvalue weighted by Crippen LogP contribution is -2.29. The molecule has 1 atom stereocenters. The van der Waals surface area contributed by atoms with Crippen molar-refractivity contribution < 1.29 is 31.4 Å². The number of aliphatic hydroxyl groups is 1. The van der Waals surface area contributed by atoms with Gasteiger partial charge in [0.25, 0.3) is 0 Å². The Balaban J connectivity index is 2.09. The normalized spacial score (nSPS) is 13.8. The van der Waals surface area contributed by atoms with Crippen LogP contribution in [0.2, 0.25) is 0 Å². The Kier molecular flexibility index (Phi) is 6.58. The molecule has 0 saturated carbocycles. The van der Waals surface area contributed by atoms with Crippen LogP contribution in [0.4, 0.5) is 13.2 Å². The molecule has 0 amide bonds. The van der Waals surface area contributed by atoms with Crippen molar-refractivity contribution in [1.82, 2.24) is 4.72 Å². The van der Waals surface area contributed by atoms with Gasteiger partial charge < -0.3 is 9.84 Å². The Morgan fingerprint density at radius 3 is 2.40 bits per heavy atom. The summed E-state index contributed by atoms with van der Waals surface area (Å²) in [5.74, 6) is 0. The Morgan fingerprint density at radius 2 is 1.88 bits per heavy atom. The highest BCUT2D eigenvalue weighted by Gasteiger charge is 2.30. The Hall–Kier alpha value is -1.46. The molecule has 0 saturated heterocycles. The maximum atomic E-state index is 12.5. The molecule has 0 radical (unpaired) electrons. The fraction of sp³-hybridized carbons (Fsp3) is 0.333. The predicted octanol–water partition coefficient (Wildman–Crippen LogP) is 2.80. The van der Waals surface area contributed by atoms with Crippen LogP contribution in [0, 0.1) is 0 Å². The summed E-state index contributed by atoms with van der Waals surface area (Å²) >= 11 is 1.37. The molecule has 0 fully saturated rings. The van der Waals surface area contributed by atoms with Crippen LogP contribution in [0.1, 0.15) is 16.5 Å². The van der Waals surface area contributed by atoms with Gasteiger partial charge in [0.15, 0.2) is 0 Å². The van der Waals surface area contributed by atoms with Crippen LogP contribution >= 0.6 is 11.3 Å². The van der Waals surface area contributed by atoms with Crippen molar-refractivity contribution in [2.24, 2.45) is 0 Å². The van der Waals surface area contributed by atoms with E-state index >= 15 is 0 Å². The second kappa shape index (κ2) is 8.28. The fourth-order valence-corrected chi connectivity index (χ4v) is 3.81. The number of halogens is 3. The number of hydrogen-bond acceptors (Lipinski definition) is 5. The summed E-state index contributed by atoms with van der Waals surface area (Å²) in [5.41, 5.74) is -0.922. The van der Waals surface area contributed by atoms with E-state index in [4.69, 9.17) is 9.84 Å². The molecule has 0 aliphatic carbocycles. The van der Waals surface area contributed by atoms with E-state index in [1.807, 2.05) is 0 Å². The summed E-state index contributed by atoms with van der Waals surface area (Å²) in [6, 6.07) is 6.78. The highest BCUT2D eigenvalue weighted by molar-refractivity contribution is 7.89. The van der Waals surface area contributed by atoms with E-state index in [9.17, 15) is 21.6 Å². The minimum atomic E-state index is -4.53. The zero-order valence-corrected chi connectivity index (χ0v) is 14.5. The van der Waals surface area contributed by atoms with Crippen molar-refractivity contribution >= 4 is 21.4 Å². The molecule has 138 valence electrons. The van der Waals surface area contributed by atoms with Gasteiger partial charge in [-0.05, 0) is 35.7 Å². The van der Waals surface area contributed by atoms with Crippen molar-refractivity contribution in [2.45, 2.75) is 17.2 Å². The molecular formula is C15H16F3NO4S2. The second-order valence-electron chi connectivity index (χ2n) is 4.97. The molecule has 5 nitrogen and oxygen atoms in total. The number of thiophene rings is 1. The van der Waals surface area contributed by atoms with E-state index in [-0.39, 0.29) is 24.7 Å². The maximum absolute atomic E-state index is 12.5. The van der Waals surface area contributed by atoms with Crippen LogP contribution in [0.25, 0.3) is 0 Å². The first-order chi connectivity index (χ1) is 11.7. The van der Waals surface area contributed by atoms with Crippen molar-refractivity contribution in [3.05, 3.63) is 52.2 Å². The number of aliphatic hydroxyl groups excluding tert-OH is 1. The van der Waals surface area contributed by atoms with Crippen LogP contribution in [-0.2, 0) is 20.9 Å². The summed E-state index contributed by atoms with van der Waals surface area (Å²) in [5, 5.41) is 10.7. The summed E-state index contributed by atoms with van der Waals surface area (Å²) in [6.07, 6.45) is -5.13. The molecule has 2 rings (SSSR count). The molecule has 0 aliphatic rings. The van der Waals surface area contributed by atoms with E-state index in [1.165, 1.54) is 11.3 Å². The SMILES string of the molecule is O=S(=O)(NC[C@@H](OCCO)c1cccs1)c1ccc(C(F)(F)F)cc1. The largest absolute Gasteiger partial charge is 0.416 e. The molecule has 2 N–H and O–H groups in total. The van der Waals surface area contributed by atoms with Gasteiger partial charge in [-0.3, -0.25) is 0 Å². The van der Waals surface area contributed by atoms with Gasteiger partial charge in [0, 0.05) is 11.4 Å². The fourth-order valence-electron chi connectivity index (χ4n) is 2.00. The van der Waals surface area contributed by atoms with Gasteiger partial charge in [-0.2, -0.15) is 13.2 Å². The van der Waals surface area contributed by atoms with Crippen molar-refractivity contribution in [2.75, 3.05) is 19.8 Å². The standard InChI is InChI=1S/C15H16F3NO4S2/c16-15(17,18)11-3-5-12(6-4-11)25(21,22)19-10-13(23-8-7-20)14-2-1-9-24-14/h1-6,9,13,19-20H,7-8,10H2/t13-/m1/s1. The van der Waals surface area contributed by atoms with Crippen LogP contribution < -0.4 is 4.72 Å². The highest BCUT2D eigenvalue weighted by Crippen LogP contribution is 2.29. The minimum Gasteiger partial charge on any atom is -0.394 e. The van der Waals surface area contributed by atoms with E-state index in [2.05, 4.69) is 4.72 Å². The molecule has 10 heteroatoms. The molecule has 0 spiro atoms. The van der Waals surface area contributed by atoms with Gasteiger partial charge in [-0.1, -0.05) is 6.07 Å². The smallest absolute Gasteiger partial charge is 0.394 e. The molecule has 0 unspecified atom stereocenters. The van der Waals surface area contributed by atoms with Crippen LogP contribution in [0.5, 0.6) is 0 Å². The first-order valence-corrected chi connectivity index (χ1v) is 9.53. The zero-order valence-electron chi connectivity index (χ0n) is 12.9. The van der Waals surface area contributed by atoms with Crippen molar-refractivity contribution in [1.29, 1.82) is 0 Å². The van der Waals surface area contributed by atoms with Gasteiger partial charge >= 0.3 is 6.18 Å². The first kappa shape index (κ1) is 19.9. The molecule has 0 aliphatic heterocycles. The van der Waals surface area contributed by atoms with Gasteiger partial charge in [0.1, 0.15) is 6.10 Å². The van der Waals surface area contributed by atoms with Gasteiger partial charge in [0.05, 0.1) is 23.7 Å². The lowest BCUT2D eigenvalue weighted by Gasteiger charge is -2.17. The number of rotatable bonds is 8. The Morgan fingerprint density at radius 1 is 1.20 bits per heavy atom. The van der Waals surface area contributed by atoms with Crippen LogP contribution in [0.15, 0.2) is 46.7 Å². The lowest BCUT2D eigenvalue weighted by atomic mass is 10.2. The van der Waals surface area contributed by atoms with Crippen LogP contribution in [0.3, 0.4) is 0 Å². The summed E-state index contributed by atoms with van der Waals surface area (Å²) in [4.78, 5) is 0.496. The van der Waals surface area contributed by atoms with Gasteiger partial charge in [-0.15, -0.1) is 11.3 Å². The number of alkyl halides is 3. The Labute approximate surface area is 147 Å². The van der Waals surface area contributed by atoms with Crippen molar-refractivity contribution in [3.8, 4) is 0 Å². The molecule has 0 bridgehead atoms. The number of nitrogens with one attached hydrogen (secondary N) is 1. The van der Waals surface area contributed by atoms with Crippen molar-refractivity contribution in [3.63, 3.8) is 0 Å². The topological polar surface area (TPSA) is 75.6 Å². The third kappa shape index (κ3) is 5.51. The number of hydrogen-bond donors (Lipinski definition) is 2. The third-order valence-electron chi connectivity index (χ3n) is 3.22. The maximum Gasteiger partial charge on any atom is 0.416 e. The summed E-state index contributed by atoms with van der Waals surface area (Å²) < 4.78 is 69.9. The van der Waals surface area contributed by atoms with E-state index < -0.39 is 27.9 Å². The Bertz CT molecular complexity index is 759. The average molecular weight is 395 g/mol. The van der Waals surface area contributed by atoms with E-state index in [0.29, 0.717) is 12.1 Å². The highest BCUT2D eigenvalue weighted by atomic mass is 32.2. The number of ether oxygens (including phenoxy) is 1. The summed E-state index contributed by atoms with van der Waals surface area (Å²) in [7, 11) is -3.99. The van der Waals surface area contributed by atoms with E-state index in [0.717, 1.165) is 17.0 Å². The number of sulfonamides is 1. The monoisotopic (exact) mass is 395 g/mol. The predicted molar refractivity (Wildman–Crippen MR) is 86.7 cm³/mol. The van der Waals surface area contributed by atoms with Crippen LogP contribution in [-0.4, -0.2) is 33.3 Å². The van der Waals surface area contributed by atoms with Gasteiger partial charge in [0.2, 0.25) is 10.0 Å². The average Bonchev–Trinajstić information content (AvgIpc) is 3.08. The summed E-state index contributed by atoms with van der Waals surface area (Å²) in [6.45, 7) is -0.290.